The Hall–Kier alpha value is -3.13. The van der Waals surface area contributed by atoms with Crippen molar-refractivity contribution in [3.05, 3.63) is 103 Å². The summed E-state index contributed by atoms with van der Waals surface area (Å²) in [4.78, 5) is 19.4. The smallest absolute Gasteiger partial charge is 0.259 e. The SMILES string of the molecule is COc1cc(C=Nc2sc3c(c2C(=O)Nc2ccccc2)CCCC3)cc(Br)c1OCc1ccccc1Cl. The number of aliphatic imine (C=N–C) groups is 1. The second kappa shape index (κ2) is 12.2. The minimum atomic E-state index is -0.121. The maximum Gasteiger partial charge on any atom is 0.259 e. The van der Waals surface area contributed by atoms with Gasteiger partial charge in [-0.05, 0) is 83.1 Å². The average molecular weight is 610 g/mol. The van der Waals surface area contributed by atoms with E-state index in [-0.39, 0.29) is 5.91 Å². The van der Waals surface area contributed by atoms with E-state index in [1.54, 1.807) is 24.7 Å². The van der Waals surface area contributed by atoms with Gasteiger partial charge in [-0.3, -0.25) is 4.79 Å². The topological polar surface area (TPSA) is 59.9 Å². The lowest BCUT2D eigenvalue weighted by atomic mass is 9.95. The molecule has 5 rings (SSSR count). The van der Waals surface area contributed by atoms with Crippen LogP contribution in [0.2, 0.25) is 5.02 Å². The largest absolute Gasteiger partial charge is 0.493 e. The van der Waals surface area contributed by atoms with Crippen molar-refractivity contribution in [1.82, 2.24) is 0 Å². The van der Waals surface area contributed by atoms with E-state index in [1.807, 2.05) is 66.7 Å². The van der Waals surface area contributed by atoms with E-state index in [4.69, 9.17) is 26.1 Å². The fourth-order valence-corrected chi connectivity index (χ4v) is 6.44. The molecule has 1 aromatic heterocycles. The molecule has 0 saturated heterocycles. The molecule has 1 amide bonds. The molecular weight excluding hydrogens is 584 g/mol. The number of aryl methyl sites for hydroxylation is 1. The van der Waals surface area contributed by atoms with Gasteiger partial charge in [0, 0.05) is 27.4 Å². The van der Waals surface area contributed by atoms with Gasteiger partial charge in [-0.25, -0.2) is 4.99 Å². The van der Waals surface area contributed by atoms with E-state index < -0.39 is 0 Å². The summed E-state index contributed by atoms with van der Waals surface area (Å²) in [6, 6.07) is 20.9. The zero-order valence-corrected chi connectivity index (χ0v) is 24.0. The van der Waals surface area contributed by atoms with Crippen molar-refractivity contribution < 1.29 is 14.3 Å². The molecule has 0 spiro atoms. The molecule has 4 aromatic rings. The maximum absolute atomic E-state index is 13.4. The van der Waals surface area contributed by atoms with E-state index >= 15 is 0 Å². The Balaban J connectivity index is 1.41. The van der Waals surface area contributed by atoms with Crippen molar-refractivity contribution in [3.63, 3.8) is 0 Å². The molecular formula is C30H26BrClN2O3S. The highest BCUT2D eigenvalue weighted by atomic mass is 79.9. The Kier molecular flexibility index (Phi) is 8.47. The number of benzene rings is 3. The Morgan fingerprint density at radius 3 is 2.66 bits per heavy atom. The lowest BCUT2D eigenvalue weighted by Gasteiger charge is -2.14. The molecule has 1 aliphatic rings. The summed E-state index contributed by atoms with van der Waals surface area (Å²) in [6.45, 7) is 0.308. The van der Waals surface area contributed by atoms with Crippen LogP contribution in [0.3, 0.4) is 0 Å². The molecule has 0 saturated carbocycles. The third kappa shape index (κ3) is 5.96. The summed E-state index contributed by atoms with van der Waals surface area (Å²) >= 11 is 11.5. The van der Waals surface area contributed by atoms with Gasteiger partial charge in [0.15, 0.2) is 11.5 Å². The van der Waals surface area contributed by atoms with Gasteiger partial charge in [-0.15, -0.1) is 11.3 Å². The van der Waals surface area contributed by atoms with Crippen LogP contribution in [0.1, 0.15) is 44.8 Å². The predicted octanol–water partition coefficient (Wildman–Crippen LogP) is 8.63. The van der Waals surface area contributed by atoms with Gasteiger partial charge in [0.05, 0.1) is 17.1 Å². The number of thiophene rings is 1. The van der Waals surface area contributed by atoms with E-state index in [2.05, 4.69) is 21.2 Å². The van der Waals surface area contributed by atoms with Crippen molar-refractivity contribution in [1.29, 1.82) is 0 Å². The van der Waals surface area contributed by atoms with E-state index in [9.17, 15) is 4.79 Å². The third-order valence-corrected chi connectivity index (χ3v) is 8.48. The normalized spacial score (nSPS) is 12.8. The molecule has 1 N–H and O–H groups in total. The van der Waals surface area contributed by atoms with Crippen molar-refractivity contribution in [2.24, 2.45) is 4.99 Å². The van der Waals surface area contributed by atoms with Gasteiger partial charge in [0.2, 0.25) is 0 Å². The highest BCUT2D eigenvalue weighted by Crippen LogP contribution is 2.41. The predicted molar refractivity (Wildman–Crippen MR) is 159 cm³/mol. The summed E-state index contributed by atoms with van der Waals surface area (Å²) in [5, 5.41) is 4.41. The summed E-state index contributed by atoms with van der Waals surface area (Å²) < 4.78 is 12.4. The summed E-state index contributed by atoms with van der Waals surface area (Å²) in [7, 11) is 1.60. The van der Waals surface area contributed by atoms with Crippen molar-refractivity contribution in [2.45, 2.75) is 32.3 Å². The molecule has 38 heavy (non-hydrogen) atoms. The number of methoxy groups -OCH3 is 1. The zero-order valence-electron chi connectivity index (χ0n) is 20.8. The van der Waals surface area contributed by atoms with E-state index in [1.165, 1.54) is 4.88 Å². The van der Waals surface area contributed by atoms with Crippen molar-refractivity contribution in [2.75, 3.05) is 12.4 Å². The molecule has 1 heterocycles. The first-order chi connectivity index (χ1) is 18.5. The third-order valence-electron chi connectivity index (χ3n) is 6.32. The summed E-state index contributed by atoms with van der Waals surface area (Å²) in [5.41, 5.74) is 4.28. The number of ether oxygens (including phenoxy) is 2. The Labute approximate surface area is 239 Å². The van der Waals surface area contributed by atoms with Crippen LogP contribution >= 0.6 is 38.9 Å². The molecule has 3 aromatic carbocycles. The fraction of sp³-hybridized carbons (Fsp3) is 0.200. The molecule has 0 fully saturated rings. The first-order valence-corrected chi connectivity index (χ1v) is 14.3. The minimum absolute atomic E-state index is 0.121. The van der Waals surface area contributed by atoms with Crippen LogP contribution in [0.5, 0.6) is 11.5 Å². The second-order valence-corrected chi connectivity index (χ2v) is 11.2. The van der Waals surface area contributed by atoms with Gasteiger partial charge >= 0.3 is 0 Å². The number of amides is 1. The fourth-order valence-electron chi connectivity index (χ4n) is 4.44. The van der Waals surface area contributed by atoms with Crippen LogP contribution in [-0.4, -0.2) is 19.2 Å². The van der Waals surface area contributed by atoms with Gasteiger partial charge in [-0.2, -0.15) is 0 Å². The second-order valence-electron chi connectivity index (χ2n) is 8.88. The van der Waals surface area contributed by atoms with Crippen molar-refractivity contribution in [3.8, 4) is 11.5 Å². The highest BCUT2D eigenvalue weighted by Gasteiger charge is 2.25. The summed E-state index contributed by atoms with van der Waals surface area (Å²) in [6.07, 6.45) is 5.87. The molecule has 194 valence electrons. The molecule has 0 radical (unpaired) electrons. The van der Waals surface area contributed by atoms with Crippen molar-refractivity contribution >= 4 is 61.7 Å². The number of fused-ring (bicyclic) bond motifs is 1. The zero-order chi connectivity index (χ0) is 26.5. The lowest BCUT2D eigenvalue weighted by molar-refractivity contribution is 0.102. The van der Waals surface area contributed by atoms with Crippen LogP contribution in [0.4, 0.5) is 10.7 Å². The monoisotopic (exact) mass is 608 g/mol. The van der Waals surface area contributed by atoms with Gasteiger partial charge < -0.3 is 14.8 Å². The Morgan fingerprint density at radius 1 is 1.11 bits per heavy atom. The number of halogens is 2. The number of carbonyl (C=O) groups is 1. The van der Waals surface area contributed by atoms with Gasteiger partial charge in [0.1, 0.15) is 11.6 Å². The molecule has 5 nitrogen and oxygen atoms in total. The molecule has 1 aliphatic carbocycles. The number of hydrogen-bond donors (Lipinski definition) is 1. The number of carbonyl (C=O) groups excluding carboxylic acids is 1. The van der Waals surface area contributed by atoms with E-state index in [0.29, 0.717) is 28.7 Å². The number of anilines is 1. The van der Waals surface area contributed by atoms with Gasteiger partial charge in [0.25, 0.3) is 5.91 Å². The van der Waals surface area contributed by atoms with Gasteiger partial charge in [-0.1, -0.05) is 48.0 Å². The number of para-hydroxylation sites is 1. The number of rotatable bonds is 8. The average Bonchev–Trinajstić information content (AvgIpc) is 3.31. The quantitative estimate of drug-likeness (QED) is 0.203. The molecule has 0 unspecified atom stereocenters. The standard InChI is InChI=1S/C30H26BrClN2O3S/c1-36-25-16-19(15-23(31)28(25)37-18-20-9-5-7-13-24(20)32)17-33-30-27(22-12-6-8-14-26(22)38-30)29(35)34-21-10-3-2-4-11-21/h2-5,7,9-11,13,15-17H,6,8,12,14,18H2,1H3,(H,34,35). The van der Waals surface area contributed by atoms with Crippen LogP contribution < -0.4 is 14.8 Å². The lowest BCUT2D eigenvalue weighted by Crippen LogP contribution is -2.14. The number of hydrogen-bond acceptors (Lipinski definition) is 5. The first-order valence-electron chi connectivity index (χ1n) is 12.3. The van der Waals surface area contributed by atoms with E-state index in [0.717, 1.165) is 57.5 Å². The van der Waals surface area contributed by atoms with Crippen LogP contribution in [0, 0.1) is 0 Å². The highest BCUT2D eigenvalue weighted by molar-refractivity contribution is 9.10. The molecule has 0 bridgehead atoms. The Bertz CT molecular complexity index is 1490. The number of nitrogens with one attached hydrogen (secondary N) is 1. The first kappa shape index (κ1) is 26.5. The molecule has 0 atom stereocenters. The summed E-state index contributed by atoms with van der Waals surface area (Å²) in [5.74, 6) is 1.03. The number of nitrogens with zero attached hydrogens (tertiary/aromatic N) is 1. The Morgan fingerprint density at radius 2 is 1.87 bits per heavy atom. The van der Waals surface area contributed by atoms with Crippen LogP contribution in [0.15, 0.2) is 76.2 Å². The maximum atomic E-state index is 13.4. The molecule has 0 aliphatic heterocycles. The minimum Gasteiger partial charge on any atom is -0.493 e. The van der Waals surface area contributed by atoms with Crippen LogP contribution in [0.25, 0.3) is 0 Å². The molecule has 8 heteroatoms. The van der Waals surface area contributed by atoms with Crippen LogP contribution in [-0.2, 0) is 19.4 Å².